The summed E-state index contributed by atoms with van der Waals surface area (Å²) in [6, 6.07) is 1.35. The number of carbonyl (C=O) groups is 2. The van der Waals surface area contributed by atoms with Crippen LogP contribution in [0.1, 0.15) is 0 Å². The van der Waals surface area contributed by atoms with Crippen LogP contribution in [-0.4, -0.2) is 25.6 Å². The van der Waals surface area contributed by atoms with E-state index in [4.69, 9.17) is 22.0 Å². The number of benzene rings is 1. The van der Waals surface area contributed by atoms with Gasteiger partial charge in [0.15, 0.2) is 6.61 Å². The summed E-state index contributed by atoms with van der Waals surface area (Å²) >= 11 is 0. The molecular formula is C10H14FN5O3. The number of urea groups is 1. The molecule has 104 valence electrons. The van der Waals surface area contributed by atoms with Gasteiger partial charge in [0.1, 0.15) is 17.3 Å². The summed E-state index contributed by atoms with van der Waals surface area (Å²) in [6.07, 6.45) is 0. The Balaban J connectivity index is 3.15. The van der Waals surface area contributed by atoms with Crippen molar-refractivity contribution in [3.8, 4) is 5.75 Å². The first-order valence-electron chi connectivity index (χ1n) is 5.13. The van der Waals surface area contributed by atoms with Crippen LogP contribution in [0, 0.1) is 5.82 Å². The fourth-order valence-electron chi connectivity index (χ4n) is 1.24. The molecule has 0 unspecified atom stereocenters. The molecule has 3 amide bonds. The molecule has 1 rings (SSSR count). The summed E-state index contributed by atoms with van der Waals surface area (Å²) in [6.45, 7) is -0.488. The Kier molecular flexibility index (Phi) is 4.48. The van der Waals surface area contributed by atoms with Crippen molar-refractivity contribution in [1.82, 2.24) is 5.32 Å². The zero-order valence-electron chi connectivity index (χ0n) is 10.1. The van der Waals surface area contributed by atoms with E-state index in [0.29, 0.717) is 5.01 Å². The zero-order chi connectivity index (χ0) is 14.6. The van der Waals surface area contributed by atoms with Crippen molar-refractivity contribution in [2.45, 2.75) is 0 Å². The SMILES string of the molecule is CNC(=O)N(N)c1cc(N)c(F)cc1OCC(N)=O. The molecule has 7 N–H and O–H groups in total. The number of halogens is 1. The van der Waals surface area contributed by atoms with Gasteiger partial charge in [-0.1, -0.05) is 0 Å². The maximum Gasteiger partial charge on any atom is 0.336 e. The van der Waals surface area contributed by atoms with Gasteiger partial charge in [-0.05, 0) is 6.07 Å². The molecule has 1 aromatic rings. The number of nitrogens with one attached hydrogen (secondary N) is 1. The average Bonchev–Trinajstić information content (AvgIpc) is 2.37. The third-order valence-corrected chi connectivity index (χ3v) is 2.14. The predicted molar refractivity (Wildman–Crippen MR) is 66.6 cm³/mol. The third-order valence-electron chi connectivity index (χ3n) is 2.14. The van der Waals surface area contributed by atoms with Crippen molar-refractivity contribution in [1.29, 1.82) is 0 Å². The Morgan fingerprint density at radius 2 is 2.11 bits per heavy atom. The van der Waals surface area contributed by atoms with E-state index in [1.807, 2.05) is 0 Å². The Bertz CT molecular complexity index is 508. The van der Waals surface area contributed by atoms with Gasteiger partial charge in [-0.3, -0.25) is 4.79 Å². The molecule has 9 heteroatoms. The van der Waals surface area contributed by atoms with Gasteiger partial charge in [0.05, 0.1) is 5.69 Å². The first-order chi connectivity index (χ1) is 8.86. The van der Waals surface area contributed by atoms with Gasteiger partial charge in [0, 0.05) is 13.1 Å². The van der Waals surface area contributed by atoms with E-state index >= 15 is 0 Å². The van der Waals surface area contributed by atoms with Crippen LogP contribution in [0.3, 0.4) is 0 Å². The molecule has 0 saturated carbocycles. The number of primary amides is 1. The van der Waals surface area contributed by atoms with Crippen molar-refractivity contribution in [3.63, 3.8) is 0 Å². The first kappa shape index (κ1) is 14.5. The topological polar surface area (TPSA) is 137 Å². The van der Waals surface area contributed by atoms with Crippen LogP contribution in [0.4, 0.5) is 20.6 Å². The van der Waals surface area contributed by atoms with Gasteiger partial charge in [0.25, 0.3) is 5.91 Å². The van der Waals surface area contributed by atoms with Gasteiger partial charge in [0.2, 0.25) is 0 Å². The molecule has 0 aliphatic rings. The Morgan fingerprint density at radius 1 is 1.47 bits per heavy atom. The maximum atomic E-state index is 13.3. The van der Waals surface area contributed by atoms with Crippen LogP contribution >= 0.6 is 0 Å². The third kappa shape index (κ3) is 3.45. The molecule has 0 aliphatic heterocycles. The number of hydrogen-bond donors (Lipinski definition) is 4. The van der Waals surface area contributed by atoms with Crippen molar-refractivity contribution in [2.24, 2.45) is 11.6 Å². The summed E-state index contributed by atoms with van der Waals surface area (Å²) in [4.78, 5) is 22.1. The highest BCUT2D eigenvalue weighted by Crippen LogP contribution is 2.31. The van der Waals surface area contributed by atoms with E-state index < -0.39 is 24.4 Å². The molecule has 0 heterocycles. The standard InChI is InChI=1S/C10H14FN5O3/c1-15-10(18)16(14)7-3-6(12)5(11)2-8(7)19-4-9(13)17/h2-3H,4,12,14H2,1H3,(H2,13,17)(H,15,18). The van der Waals surface area contributed by atoms with Crippen LogP contribution in [0.5, 0.6) is 5.75 Å². The lowest BCUT2D eigenvalue weighted by Crippen LogP contribution is -2.43. The molecule has 0 saturated heterocycles. The number of amides is 3. The van der Waals surface area contributed by atoms with E-state index in [2.05, 4.69) is 5.32 Å². The summed E-state index contributed by atoms with van der Waals surface area (Å²) in [7, 11) is 1.36. The highest BCUT2D eigenvalue weighted by molar-refractivity contribution is 5.93. The molecule has 8 nitrogen and oxygen atoms in total. The summed E-state index contributed by atoms with van der Waals surface area (Å²) in [5.41, 5.74) is 10.1. The fraction of sp³-hybridized carbons (Fsp3) is 0.200. The van der Waals surface area contributed by atoms with Gasteiger partial charge in [-0.15, -0.1) is 0 Å². The van der Waals surface area contributed by atoms with Crippen molar-refractivity contribution in [3.05, 3.63) is 17.9 Å². The van der Waals surface area contributed by atoms with Gasteiger partial charge in [-0.25, -0.2) is 20.0 Å². The fourth-order valence-corrected chi connectivity index (χ4v) is 1.24. The summed E-state index contributed by atoms with van der Waals surface area (Å²) < 4.78 is 18.3. The van der Waals surface area contributed by atoms with E-state index in [9.17, 15) is 14.0 Å². The van der Waals surface area contributed by atoms with Gasteiger partial charge >= 0.3 is 6.03 Å². The monoisotopic (exact) mass is 271 g/mol. The number of hydrazine groups is 1. The van der Waals surface area contributed by atoms with Crippen LogP contribution in [0.2, 0.25) is 0 Å². The molecule has 0 radical (unpaired) electrons. The maximum absolute atomic E-state index is 13.3. The Labute approximate surface area is 108 Å². The van der Waals surface area contributed by atoms with Crippen molar-refractivity contribution in [2.75, 3.05) is 24.4 Å². The quantitative estimate of drug-likeness (QED) is 0.248. The number of carbonyl (C=O) groups excluding carboxylic acids is 2. The van der Waals surface area contributed by atoms with Crippen molar-refractivity contribution < 1.29 is 18.7 Å². The largest absolute Gasteiger partial charge is 0.481 e. The number of nitrogen functional groups attached to an aromatic ring is 1. The lowest BCUT2D eigenvalue weighted by atomic mass is 10.2. The van der Waals surface area contributed by atoms with Gasteiger partial charge < -0.3 is 21.5 Å². The van der Waals surface area contributed by atoms with Crippen LogP contribution in [-0.2, 0) is 4.79 Å². The molecule has 0 aromatic heterocycles. The normalized spacial score (nSPS) is 9.84. The highest BCUT2D eigenvalue weighted by Gasteiger charge is 2.18. The second-order valence-electron chi connectivity index (χ2n) is 3.52. The molecular weight excluding hydrogens is 257 g/mol. The van der Waals surface area contributed by atoms with Crippen LogP contribution in [0.15, 0.2) is 12.1 Å². The minimum Gasteiger partial charge on any atom is -0.481 e. The van der Waals surface area contributed by atoms with E-state index in [1.54, 1.807) is 0 Å². The minimum absolute atomic E-state index is 0.000463. The molecule has 0 fully saturated rings. The number of anilines is 2. The minimum atomic E-state index is -0.770. The molecule has 0 aliphatic carbocycles. The molecule has 0 spiro atoms. The number of ether oxygens (including phenoxy) is 1. The molecule has 0 atom stereocenters. The first-order valence-corrected chi connectivity index (χ1v) is 5.13. The number of nitrogens with zero attached hydrogens (tertiary/aromatic N) is 1. The second-order valence-corrected chi connectivity index (χ2v) is 3.52. The Morgan fingerprint density at radius 3 is 2.63 bits per heavy atom. The smallest absolute Gasteiger partial charge is 0.336 e. The van der Waals surface area contributed by atoms with Crippen LogP contribution < -0.4 is 32.4 Å². The highest BCUT2D eigenvalue weighted by atomic mass is 19.1. The predicted octanol–water partition coefficient (Wildman–Crippen LogP) is -0.708. The van der Waals surface area contributed by atoms with Crippen LogP contribution in [0.25, 0.3) is 0 Å². The Hall–Kier alpha value is -2.55. The lowest BCUT2D eigenvalue weighted by molar-refractivity contribution is -0.119. The number of nitrogens with two attached hydrogens (primary N) is 3. The summed E-state index contributed by atoms with van der Waals surface area (Å²) in [5.74, 6) is 3.87. The second kappa shape index (κ2) is 5.87. The lowest BCUT2D eigenvalue weighted by Gasteiger charge is -2.20. The average molecular weight is 271 g/mol. The number of rotatable bonds is 4. The molecule has 19 heavy (non-hydrogen) atoms. The molecule has 0 bridgehead atoms. The molecule has 1 aromatic carbocycles. The van der Waals surface area contributed by atoms with Crippen molar-refractivity contribution >= 4 is 23.3 Å². The van der Waals surface area contributed by atoms with Gasteiger partial charge in [-0.2, -0.15) is 0 Å². The zero-order valence-corrected chi connectivity index (χ0v) is 10.1. The van der Waals surface area contributed by atoms with E-state index in [1.165, 1.54) is 7.05 Å². The number of hydrogen-bond acceptors (Lipinski definition) is 5. The van der Waals surface area contributed by atoms with E-state index in [0.717, 1.165) is 12.1 Å². The van der Waals surface area contributed by atoms with E-state index in [-0.39, 0.29) is 17.1 Å². The summed E-state index contributed by atoms with van der Waals surface area (Å²) in [5, 5.41) is 2.94.